The molecule has 1 saturated heterocycles. The minimum Gasteiger partial charge on any atom is -0.305 e. The van der Waals surface area contributed by atoms with Gasteiger partial charge in [0.1, 0.15) is 23.1 Å². The van der Waals surface area contributed by atoms with E-state index in [1.165, 1.54) is 35.2 Å². The SMILES string of the molecule is Cc1ccc(Cc2ccc(F)cc2)c(N2C(=O)CSC2=NC(=O)Nc2ccc(-c3ncn(-c4ccc(S(F)(F)(F)(F)F)cc4)n3)cc2C#N)c1. The molecule has 0 atom stereocenters. The highest BCUT2D eigenvalue weighted by Gasteiger charge is 2.65. The van der Waals surface area contributed by atoms with Crippen LogP contribution < -0.4 is 10.2 Å². The number of nitriles is 1. The average molecular weight is 728 g/mol. The van der Waals surface area contributed by atoms with Crippen molar-refractivity contribution in [3.8, 4) is 23.1 Å². The summed E-state index contributed by atoms with van der Waals surface area (Å²) < 4.78 is 79.9. The molecule has 5 aromatic rings. The van der Waals surface area contributed by atoms with Crippen molar-refractivity contribution in [2.75, 3.05) is 16.0 Å². The lowest BCUT2D eigenvalue weighted by atomic mass is 10.0. The van der Waals surface area contributed by atoms with Gasteiger partial charge in [-0.25, -0.2) is 18.9 Å². The highest BCUT2D eigenvalue weighted by atomic mass is 32.5. The van der Waals surface area contributed by atoms with Crippen molar-refractivity contribution in [1.29, 1.82) is 5.26 Å². The second-order valence-corrected chi connectivity index (χ2v) is 14.5. The summed E-state index contributed by atoms with van der Waals surface area (Å²) in [7, 11) is -9.84. The van der Waals surface area contributed by atoms with Crippen molar-refractivity contribution in [1.82, 2.24) is 14.8 Å². The number of nitrogens with zero attached hydrogens (tertiary/aromatic N) is 6. The number of carbonyl (C=O) groups excluding carboxylic acids is 2. The lowest BCUT2D eigenvalue weighted by molar-refractivity contribution is -0.115. The summed E-state index contributed by atoms with van der Waals surface area (Å²) in [6, 6.07) is 19.1. The van der Waals surface area contributed by atoms with Crippen LogP contribution in [0.4, 0.5) is 40.0 Å². The smallest absolute Gasteiger partial charge is 0.305 e. The Morgan fingerprint density at radius 3 is 2.40 bits per heavy atom. The number of aliphatic imine (C=N–C) groups is 1. The van der Waals surface area contributed by atoms with Crippen LogP contribution in [0, 0.1) is 24.1 Å². The van der Waals surface area contributed by atoms with Crippen LogP contribution in [0.3, 0.4) is 0 Å². The predicted octanol–water partition coefficient (Wildman–Crippen LogP) is 9.17. The molecule has 0 saturated carbocycles. The van der Waals surface area contributed by atoms with Crippen LogP contribution >= 0.6 is 22.0 Å². The summed E-state index contributed by atoms with van der Waals surface area (Å²) in [5.41, 5.74) is 3.39. The van der Waals surface area contributed by atoms with E-state index in [-0.39, 0.29) is 57.5 Å². The monoisotopic (exact) mass is 727 g/mol. The Morgan fingerprint density at radius 2 is 1.72 bits per heavy atom. The van der Waals surface area contributed by atoms with Crippen LogP contribution in [-0.4, -0.2) is 37.6 Å². The number of aromatic nitrogens is 3. The number of halogens is 6. The molecule has 6 rings (SSSR count). The molecular weight excluding hydrogens is 705 g/mol. The van der Waals surface area contributed by atoms with E-state index in [1.807, 2.05) is 25.1 Å². The van der Waals surface area contributed by atoms with Crippen LogP contribution in [0.25, 0.3) is 17.1 Å². The van der Waals surface area contributed by atoms with Crippen LogP contribution in [0.5, 0.6) is 0 Å². The molecular formula is C33H23F6N7O2S2. The van der Waals surface area contributed by atoms with Gasteiger partial charge in [-0.3, -0.25) is 9.69 Å². The van der Waals surface area contributed by atoms with Gasteiger partial charge in [0.05, 0.1) is 28.4 Å². The highest BCUT2D eigenvalue weighted by molar-refractivity contribution is 8.45. The van der Waals surface area contributed by atoms with Gasteiger partial charge in [0.15, 0.2) is 11.0 Å². The van der Waals surface area contributed by atoms with Gasteiger partial charge in [-0.15, -0.1) is 5.10 Å². The first kappa shape index (κ1) is 34.3. The van der Waals surface area contributed by atoms with E-state index >= 15 is 0 Å². The van der Waals surface area contributed by atoms with E-state index in [9.17, 15) is 38.7 Å². The molecule has 50 heavy (non-hydrogen) atoms. The third kappa shape index (κ3) is 7.51. The van der Waals surface area contributed by atoms with E-state index in [0.717, 1.165) is 51.6 Å². The van der Waals surface area contributed by atoms with E-state index in [4.69, 9.17) is 0 Å². The Labute approximate surface area is 285 Å². The van der Waals surface area contributed by atoms with Gasteiger partial charge in [0, 0.05) is 5.56 Å². The zero-order chi connectivity index (χ0) is 35.9. The van der Waals surface area contributed by atoms with Crippen molar-refractivity contribution >= 4 is 50.5 Å². The number of benzene rings is 4. The Hall–Kier alpha value is -5.60. The quantitative estimate of drug-likeness (QED) is 0.167. The Balaban J connectivity index is 1.21. The molecule has 17 heteroatoms. The molecule has 0 radical (unpaired) electrons. The minimum absolute atomic E-state index is 0.0000848. The standard InChI is InChI=1S/C33H23F6N7O2S2/c1-20-2-5-22(15-21-3-7-25(34)8-4-21)29(14-20)46-30(47)18-49-33(46)43-32(48)42-28-13-6-23(16-24(28)17-40)31-41-19-45(44-31)26-9-11-27(12-10-26)50(35,36,37,38)39/h2-14,16,19H,15,18H2,1H3,(H,42,48). The second kappa shape index (κ2) is 12.1. The lowest BCUT2D eigenvalue weighted by Crippen LogP contribution is -2.31. The number of amides is 3. The first-order chi connectivity index (χ1) is 23.5. The normalized spacial score (nSPS) is 15.4. The van der Waals surface area contributed by atoms with Crippen molar-refractivity contribution < 1.29 is 33.4 Å². The predicted molar refractivity (Wildman–Crippen MR) is 180 cm³/mol. The molecule has 4 aromatic carbocycles. The summed E-state index contributed by atoms with van der Waals surface area (Å²) in [5, 5.41) is 16.7. The molecule has 9 nitrogen and oxygen atoms in total. The summed E-state index contributed by atoms with van der Waals surface area (Å²) in [6.07, 6.45) is 1.55. The number of hydrogen-bond donors (Lipinski definition) is 1. The molecule has 1 N–H and O–H groups in total. The fourth-order valence-corrected chi connectivity index (χ4v) is 6.53. The second-order valence-electron chi connectivity index (χ2n) is 11.1. The number of urea groups is 1. The van der Waals surface area contributed by atoms with Crippen LogP contribution in [-0.2, 0) is 11.2 Å². The maximum absolute atomic E-state index is 13.5. The van der Waals surface area contributed by atoms with Gasteiger partial charge in [0.2, 0.25) is 5.91 Å². The number of thioether (sulfide) groups is 1. The van der Waals surface area contributed by atoms with Gasteiger partial charge < -0.3 is 5.32 Å². The molecule has 1 aromatic heterocycles. The first-order valence-corrected chi connectivity index (χ1v) is 17.4. The number of rotatable bonds is 7. The highest BCUT2D eigenvalue weighted by Crippen LogP contribution is 3.02. The Morgan fingerprint density at radius 1 is 1.00 bits per heavy atom. The molecule has 0 bridgehead atoms. The molecule has 1 aliphatic heterocycles. The fraction of sp³-hybridized carbons (Fsp3) is 0.0909. The fourth-order valence-electron chi connectivity index (χ4n) is 5.03. The van der Waals surface area contributed by atoms with Gasteiger partial charge in [-0.05, 0) is 90.7 Å². The maximum Gasteiger partial charge on any atom is 0.347 e. The number of nitrogens with one attached hydrogen (secondary N) is 1. The van der Waals surface area contributed by atoms with Crippen molar-refractivity contribution in [2.24, 2.45) is 4.99 Å². The van der Waals surface area contributed by atoms with E-state index in [1.54, 1.807) is 18.2 Å². The summed E-state index contributed by atoms with van der Waals surface area (Å²) in [6.45, 7) is 1.86. The van der Waals surface area contributed by atoms with Gasteiger partial charge in [-0.1, -0.05) is 55.5 Å². The van der Waals surface area contributed by atoms with E-state index < -0.39 is 21.2 Å². The van der Waals surface area contributed by atoms with Crippen LogP contribution in [0.2, 0.25) is 0 Å². The zero-order valence-corrected chi connectivity index (χ0v) is 27.3. The van der Waals surface area contributed by atoms with Crippen molar-refractivity contribution in [2.45, 2.75) is 18.2 Å². The molecule has 1 fully saturated rings. The van der Waals surface area contributed by atoms with Gasteiger partial charge >= 0.3 is 16.3 Å². The number of carbonyl (C=O) groups is 2. The van der Waals surface area contributed by atoms with Crippen LogP contribution in [0.1, 0.15) is 22.3 Å². The van der Waals surface area contributed by atoms with Crippen molar-refractivity contribution in [3.63, 3.8) is 0 Å². The number of anilines is 2. The number of amidine groups is 1. The van der Waals surface area contributed by atoms with Gasteiger partial charge in [0.25, 0.3) is 0 Å². The Kier molecular flexibility index (Phi) is 8.27. The zero-order valence-electron chi connectivity index (χ0n) is 25.7. The number of hydrogen-bond acceptors (Lipinski definition) is 6. The average Bonchev–Trinajstić information content (AvgIpc) is 3.69. The molecule has 0 unspecified atom stereocenters. The topological polar surface area (TPSA) is 116 Å². The largest absolute Gasteiger partial charge is 0.347 e. The molecule has 0 spiro atoms. The summed E-state index contributed by atoms with van der Waals surface area (Å²) >= 11 is 1.07. The summed E-state index contributed by atoms with van der Waals surface area (Å²) in [5.74, 6) is -0.574. The minimum atomic E-state index is -9.84. The Bertz CT molecular complexity index is 2240. The van der Waals surface area contributed by atoms with E-state index in [0.29, 0.717) is 17.7 Å². The molecule has 2 heterocycles. The number of aryl methyl sites for hydroxylation is 1. The van der Waals surface area contributed by atoms with Crippen LogP contribution in [0.15, 0.2) is 101 Å². The maximum atomic E-state index is 13.5. The summed E-state index contributed by atoms with van der Waals surface area (Å²) in [4.78, 5) is 33.7. The van der Waals surface area contributed by atoms with E-state index in [2.05, 4.69) is 20.4 Å². The molecule has 0 aliphatic carbocycles. The van der Waals surface area contributed by atoms with Crippen molar-refractivity contribution in [3.05, 3.63) is 119 Å². The third-order valence-electron chi connectivity index (χ3n) is 7.43. The third-order valence-corrected chi connectivity index (χ3v) is 9.52. The lowest BCUT2D eigenvalue weighted by Gasteiger charge is -2.40. The molecule has 3 amide bonds. The van der Waals surface area contributed by atoms with Gasteiger partial charge in [-0.2, -0.15) is 10.3 Å². The molecule has 1 aliphatic rings. The molecule has 256 valence electrons. The first-order valence-electron chi connectivity index (χ1n) is 14.5.